The zero-order chi connectivity index (χ0) is 18.2. The number of nitrogens with one attached hydrogen (secondary N) is 1. The Morgan fingerprint density at radius 1 is 0.960 bits per heavy atom. The fourth-order valence-corrected chi connectivity index (χ4v) is 3.14. The van der Waals surface area contributed by atoms with E-state index in [1.54, 1.807) is 6.07 Å². The summed E-state index contributed by atoms with van der Waals surface area (Å²) in [6.45, 7) is 0. The van der Waals surface area contributed by atoms with Crippen molar-refractivity contribution in [2.45, 2.75) is 4.90 Å². The molecule has 0 unspecified atom stereocenters. The summed E-state index contributed by atoms with van der Waals surface area (Å²) in [5.41, 5.74) is -0.348. The summed E-state index contributed by atoms with van der Waals surface area (Å²) in [6.07, 6.45) is 0. The van der Waals surface area contributed by atoms with Crippen molar-refractivity contribution in [1.82, 2.24) is 0 Å². The highest BCUT2D eigenvalue weighted by atomic mass is 32.2. The van der Waals surface area contributed by atoms with E-state index < -0.39 is 44.8 Å². The Balaban J connectivity index is 2.03. The van der Waals surface area contributed by atoms with Gasteiger partial charge in [-0.15, -0.1) is 0 Å². The van der Waals surface area contributed by atoms with Crippen LogP contribution in [0.15, 0.2) is 57.8 Å². The van der Waals surface area contributed by atoms with Crippen molar-refractivity contribution in [3.8, 4) is 22.8 Å². The van der Waals surface area contributed by atoms with Crippen LogP contribution < -0.4 is 4.72 Å². The second-order valence-electron chi connectivity index (χ2n) is 5.00. The molecule has 1 heterocycles. The first kappa shape index (κ1) is 16.8. The van der Waals surface area contributed by atoms with Crippen molar-refractivity contribution < 1.29 is 31.8 Å². The molecule has 0 fully saturated rings. The van der Waals surface area contributed by atoms with Gasteiger partial charge in [-0.05, 0) is 24.3 Å². The lowest BCUT2D eigenvalue weighted by atomic mass is 10.1. The quantitative estimate of drug-likeness (QED) is 0.656. The normalized spacial score (nSPS) is 11.4. The summed E-state index contributed by atoms with van der Waals surface area (Å²) in [5.74, 6) is -4.93. The number of benzene rings is 2. The summed E-state index contributed by atoms with van der Waals surface area (Å²) in [5, 5.41) is 19.8. The minimum absolute atomic E-state index is 0.111. The molecular weight excluding hydrogens is 356 g/mol. The van der Waals surface area contributed by atoms with Crippen molar-refractivity contribution in [2.75, 3.05) is 4.72 Å². The summed E-state index contributed by atoms with van der Waals surface area (Å²) < 4.78 is 58.3. The zero-order valence-electron chi connectivity index (χ0n) is 12.4. The van der Waals surface area contributed by atoms with Gasteiger partial charge in [0.1, 0.15) is 11.6 Å². The number of aromatic hydroxyl groups is 2. The van der Waals surface area contributed by atoms with Crippen LogP contribution in [0.3, 0.4) is 0 Å². The van der Waals surface area contributed by atoms with Crippen LogP contribution in [0.4, 0.5) is 14.7 Å². The fraction of sp³-hybridized carbons (Fsp3) is 0. The van der Waals surface area contributed by atoms with E-state index in [1.165, 1.54) is 24.3 Å². The van der Waals surface area contributed by atoms with E-state index in [-0.39, 0.29) is 10.5 Å². The smallest absolute Gasteiger partial charge is 0.264 e. The van der Waals surface area contributed by atoms with E-state index in [4.69, 9.17) is 4.42 Å². The van der Waals surface area contributed by atoms with Gasteiger partial charge in [-0.25, -0.2) is 21.9 Å². The molecule has 2 aromatic carbocycles. The van der Waals surface area contributed by atoms with Crippen LogP contribution in [0, 0.1) is 11.6 Å². The molecule has 130 valence electrons. The van der Waals surface area contributed by atoms with Crippen LogP contribution in [-0.2, 0) is 10.0 Å². The Morgan fingerprint density at radius 2 is 1.64 bits per heavy atom. The van der Waals surface area contributed by atoms with Crippen molar-refractivity contribution >= 4 is 15.9 Å². The van der Waals surface area contributed by atoms with Gasteiger partial charge in [0.15, 0.2) is 5.76 Å². The number of rotatable bonds is 4. The molecule has 0 spiro atoms. The molecule has 6 nitrogen and oxygen atoms in total. The Labute approximate surface area is 141 Å². The van der Waals surface area contributed by atoms with Crippen LogP contribution in [0.25, 0.3) is 11.3 Å². The predicted octanol–water partition coefficient (Wildman–Crippen LogP) is 3.44. The van der Waals surface area contributed by atoms with E-state index >= 15 is 0 Å². The van der Waals surface area contributed by atoms with Crippen LogP contribution in [0.2, 0.25) is 0 Å². The fourth-order valence-electron chi connectivity index (χ4n) is 2.12. The summed E-state index contributed by atoms with van der Waals surface area (Å²) in [4.78, 5) is -0.111. The van der Waals surface area contributed by atoms with E-state index in [2.05, 4.69) is 0 Å². The highest BCUT2D eigenvalue weighted by Crippen LogP contribution is 2.46. The molecule has 0 saturated heterocycles. The monoisotopic (exact) mass is 367 g/mol. The van der Waals surface area contributed by atoms with Gasteiger partial charge >= 0.3 is 0 Å². The van der Waals surface area contributed by atoms with Gasteiger partial charge in [-0.3, -0.25) is 0 Å². The zero-order valence-corrected chi connectivity index (χ0v) is 13.2. The Morgan fingerprint density at radius 3 is 2.28 bits per heavy atom. The SMILES string of the molecule is O=S(=O)(Nc1oc(-c2ccc(F)cc2F)c(O)c1O)c1ccccc1. The molecule has 0 amide bonds. The Bertz CT molecular complexity index is 1030. The molecule has 0 aliphatic heterocycles. The first-order chi connectivity index (χ1) is 11.8. The van der Waals surface area contributed by atoms with E-state index in [0.29, 0.717) is 6.07 Å². The molecule has 9 heteroatoms. The lowest BCUT2D eigenvalue weighted by Gasteiger charge is -2.05. The van der Waals surface area contributed by atoms with E-state index in [9.17, 15) is 27.4 Å². The van der Waals surface area contributed by atoms with Crippen LogP contribution >= 0.6 is 0 Å². The predicted molar refractivity (Wildman–Crippen MR) is 84.6 cm³/mol. The van der Waals surface area contributed by atoms with Gasteiger partial charge in [0.25, 0.3) is 15.9 Å². The second kappa shape index (κ2) is 6.10. The van der Waals surface area contributed by atoms with Crippen molar-refractivity contribution in [3.63, 3.8) is 0 Å². The Kier molecular flexibility index (Phi) is 4.09. The lowest BCUT2D eigenvalue weighted by Crippen LogP contribution is -2.12. The van der Waals surface area contributed by atoms with Crippen LogP contribution in [0.5, 0.6) is 11.5 Å². The minimum atomic E-state index is -4.11. The number of furan rings is 1. The molecule has 25 heavy (non-hydrogen) atoms. The molecule has 3 aromatic rings. The summed E-state index contributed by atoms with van der Waals surface area (Å²) in [7, 11) is -4.11. The van der Waals surface area contributed by atoms with Gasteiger partial charge in [-0.2, -0.15) is 0 Å². The van der Waals surface area contributed by atoms with Gasteiger partial charge in [-0.1, -0.05) is 18.2 Å². The topological polar surface area (TPSA) is 99.8 Å². The van der Waals surface area contributed by atoms with Crippen molar-refractivity contribution in [2.24, 2.45) is 0 Å². The maximum Gasteiger partial charge on any atom is 0.264 e. The molecule has 0 saturated carbocycles. The minimum Gasteiger partial charge on any atom is -0.502 e. The third-order valence-electron chi connectivity index (χ3n) is 3.31. The molecule has 0 aliphatic rings. The van der Waals surface area contributed by atoms with Crippen LogP contribution in [-0.4, -0.2) is 18.6 Å². The molecule has 0 radical (unpaired) electrons. The first-order valence-electron chi connectivity index (χ1n) is 6.87. The number of anilines is 1. The maximum absolute atomic E-state index is 13.8. The summed E-state index contributed by atoms with van der Waals surface area (Å²) in [6, 6.07) is 9.68. The second-order valence-corrected chi connectivity index (χ2v) is 6.68. The van der Waals surface area contributed by atoms with Gasteiger partial charge < -0.3 is 14.6 Å². The third-order valence-corrected chi connectivity index (χ3v) is 4.66. The summed E-state index contributed by atoms with van der Waals surface area (Å²) >= 11 is 0. The van der Waals surface area contributed by atoms with Crippen molar-refractivity contribution in [3.05, 3.63) is 60.2 Å². The number of sulfonamides is 1. The first-order valence-corrected chi connectivity index (χ1v) is 8.36. The highest BCUT2D eigenvalue weighted by molar-refractivity contribution is 7.92. The highest BCUT2D eigenvalue weighted by Gasteiger charge is 2.26. The van der Waals surface area contributed by atoms with E-state index in [1.807, 2.05) is 4.72 Å². The number of hydrogen-bond donors (Lipinski definition) is 3. The average Bonchev–Trinajstić information content (AvgIpc) is 2.84. The molecule has 0 atom stereocenters. The molecular formula is C16H11F2NO5S. The third kappa shape index (κ3) is 3.13. The largest absolute Gasteiger partial charge is 0.502 e. The number of hydrogen-bond acceptors (Lipinski definition) is 5. The molecule has 1 aromatic heterocycles. The maximum atomic E-state index is 13.8. The molecule has 0 aliphatic carbocycles. The average molecular weight is 367 g/mol. The van der Waals surface area contributed by atoms with E-state index in [0.717, 1.165) is 12.1 Å². The van der Waals surface area contributed by atoms with Crippen LogP contribution in [0.1, 0.15) is 0 Å². The molecule has 3 N–H and O–H groups in total. The molecule has 0 bridgehead atoms. The van der Waals surface area contributed by atoms with Crippen molar-refractivity contribution in [1.29, 1.82) is 0 Å². The number of halogens is 2. The molecule has 3 rings (SSSR count). The Hall–Kier alpha value is -3.07. The standard InChI is InChI=1S/C16H11F2NO5S/c17-9-6-7-11(12(18)8-9)15-13(20)14(21)16(24-15)19-25(22,23)10-4-2-1-3-5-10/h1-8,19-21H. The van der Waals surface area contributed by atoms with Gasteiger partial charge in [0.2, 0.25) is 11.5 Å². The van der Waals surface area contributed by atoms with Gasteiger partial charge in [0, 0.05) is 6.07 Å². The van der Waals surface area contributed by atoms with Gasteiger partial charge in [0.05, 0.1) is 10.5 Å². The lowest BCUT2D eigenvalue weighted by molar-refractivity contribution is 0.410.